The Hall–Kier alpha value is -2.18. The lowest BCUT2D eigenvalue weighted by molar-refractivity contribution is -0.126. The first-order valence-electron chi connectivity index (χ1n) is 5.19. The first kappa shape index (κ1) is 11.3. The van der Waals surface area contributed by atoms with Crippen LogP contribution in [0.15, 0.2) is 12.4 Å². The number of nitrogens with two attached hydrogens (primary N) is 1. The highest BCUT2D eigenvalue weighted by Gasteiger charge is 2.28. The fourth-order valence-corrected chi connectivity index (χ4v) is 1.74. The van der Waals surface area contributed by atoms with Gasteiger partial charge in [-0.15, -0.1) is 0 Å². The maximum Gasteiger partial charge on any atom is 0.274 e. The molecule has 3 N–H and O–H groups in total. The number of rotatable bonds is 2. The van der Waals surface area contributed by atoms with Crippen LogP contribution in [0.1, 0.15) is 16.9 Å². The highest BCUT2D eigenvalue weighted by molar-refractivity contribution is 5.96. The van der Waals surface area contributed by atoms with E-state index >= 15 is 0 Å². The van der Waals surface area contributed by atoms with Gasteiger partial charge >= 0.3 is 0 Å². The predicted octanol–water partition coefficient (Wildman–Crippen LogP) is -0.981. The van der Waals surface area contributed by atoms with E-state index in [0.717, 1.165) is 0 Å². The summed E-state index contributed by atoms with van der Waals surface area (Å²) in [5, 5.41) is 2.71. The van der Waals surface area contributed by atoms with E-state index in [9.17, 15) is 9.59 Å². The maximum absolute atomic E-state index is 11.8. The number of anilines is 1. The van der Waals surface area contributed by atoms with Gasteiger partial charge < -0.3 is 16.0 Å². The molecular weight excluding hydrogens is 222 g/mol. The molecule has 1 fully saturated rings. The Kier molecular flexibility index (Phi) is 2.90. The Morgan fingerprint density at radius 3 is 2.82 bits per heavy atom. The number of nitrogens with zero attached hydrogens (tertiary/aromatic N) is 3. The smallest absolute Gasteiger partial charge is 0.274 e. The molecule has 1 saturated heterocycles. The fourth-order valence-electron chi connectivity index (χ4n) is 1.74. The molecule has 1 aliphatic heterocycles. The summed E-state index contributed by atoms with van der Waals surface area (Å²) in [6, 6.07) is -0.193. The van der Waals surface area contributed by atoms with Crippen LogP contribution in [0.2, 0.25) is 0 Å². The second-order valence-corrected chi connectivity index (χ2v) is 3.94. The summed E-state index contributed by atoms with van der Waals surface area (Å²) in [4.78, 5) is 32.3. The van der Waals surface area contributed by atoms with E-state index in [0.29, 0.717) is 13.0 Å². The molecule has 7 nitrogen and oxygen atoms in total. The number of carbonyl (C=O) groups is 2. The zero-order valence-corrected chi connectivity index (χ0v) is 9.38. The van der Waals surface area contributed by atoms with Crippen molar-refractivity contribution in [1.29, 1.82) is 0 Å². The third-order valence-corrected chi connectivity index (χ3v) is 2.62. The molecule has 0 radical (unpaired) electrons. The van der Waals surface area contributed by atoms with Crippen molar-refractivity contribution in [3.05, 3.63) is 18.1 Å². The topological polar surface area (TPSA) is 101 Å². The van der Waals surface area contributed by atoms with Crippen LogP contribution >= 0.6 is 0 Å². The predicted molar refractivity (Wildman–Crippen MR) is 60.0 cm³/mol. The van der Waals surface area contributed by atoms with E-state index in [2.05, 4.69) is 15.3 Å². The van der Waals surface area contributed by atoms with Crippen LogP contribution in [-0.4, -0.2) is 46.3 Å². The molecule has 90 valence electrons. The van der Waals surface area contributed by atoms with Gasteiger partial charge in [0.15, 0.2) is 11.5 Å². The number of hydrogen-bond acceptors (Lipinski definition) is 5. The lowest BCUT2D eigenvalue weighted by atomic mass is 10.2. The molecule has 1 aromatic rings. The van der Waals surface area contributed by atoms with Crippen molar-refractivity contribution < 1.29 is 9.59 Å². The van der Waals surface area contributed by atoms with E-state index in [-0.39, 0.29) is 23.5 Å². The summed E-state index contributed by atoms with van der Waals surface area (Å²) in [7, 11) is 1.70. The molecule has 0 aromatic carbocycles. The van der Waals surface area contributed by atoms with Crippen LogP contribution in [-0.2, 0) is 4.79 Å². The number of nitrogen functional groups attached to an aromatic ring is 1. The molecule has 1 unspecified atom stereocenters. The molecule has 1 aliphatic rings. The molecule has 2 rings (SSSR count). The maximum atomic E-state index is 11.8. The molecule has 2 heterocycles. The number of likely N-dealkylation sites (N-methyl/N-ethyl adjacent to an activating group) is 1. The van der Waals surface area contributed by atoms with E-state index in [1.54, 1.807) is 11.9 Å². The Balaban J connectivity index is 2.03. The lowest BCUT2D eigenvalue weighted by Gasteiger charge is -2.12. The summed E-state index contributed by atoms with van der Waals surface area (Å²) in [5.41, 5.74) is 5.63. The van der Waals surface area contributed by atoms with E-state index < -0.39 is 5.91 Å². The number of amides is 2. The van der Waals surface area contributed by atoms with Crippen molar-refractivity contribution >= 4 is 17.6 Å². The normalized spacial score (nSPS) is 19.5. The Bertz CT molecular complexity index is 462. The van der Waals surface area contributed by atoms with Gasteiger partial charge in [0, 0.05) is 32.4 Å². The molecule has 2 amide bonds. The Morgan fingerprint density at radius 2 is 2.24 bits per heavy atom. The first-order chi connectivity index (χ1) is 8.08. The van der Waals surface area contributed by atoms with Gasteiger partial charge in [-0.2, -0.15) is 0 Å². The highest BCUT2D eigenvalue weighted by Crippen LogP contribution is 2.10. The number of hydrogen-bond donors (Lipinski definition) is 2. The molecule has 0 aliphatic carbocycles. The summed E-state index contributed by atoms with van der Waals surface area (Å²) in [6.45, 7) is 0.505. The lowest BCUT2D eigenvalue weighted by Crippen LogP contribution is -2.37. The van der Waals surface area contributed by atoms with Crippen LogP contribution in [0.4, 0.5) is 5.82 Å². The number of aromatic nitrogens is 2. The fraction of sp³-hybridized carbons (Fsp3) is 0.400. The molecular formula is C10H13N5O2. The monoisotopic (exact) mass is 235 g/mol. The van der Waals surface area contributed by atoms with Gasteiger partial charge in [-0.25, -0.2) is 9.97 Å². The molecule has 0 spiro atoms. The molecule has 1 atom stereocenters. The second kappa shape index (κ2) is 4.36. The van der Waals surface area contributed by atoms with Crippen LogP contribution in [0.3, 0.4) is 0 Å². The number of carbonyl (C=O) groups excluding carboxylic acids is 2. The van der Waals surface area contributed by atoms with Gasteiger partial charge in [0.25, 0.3) is 5.91 Å². The SMILES string of the molecule is CN1CC(NC(=O)c2nccnc2N)CC1=O. The zero-order valence-electron chi connectivity index (χ0n) is 9.38. The van der Waals surface area contributed by atoms with Gasteiger partial charge in [0.1, 0.15) is 0 Å². The van der Waals surface area contributed by atoms with Crippen LogP contribution in [0, 0.1) is 0 Å². The Labute approximate surface area is 98.0 Å². The molecule has 17 heavy (non-hydrogen) atoms. The van der Waals surface area contributed by atoms with Crippen molar-refractivity contribution in [2.24, 2.45) is 0 Å². The molecule has 7 heteroatoms. The zero-order chi connectivity index (χ0) is 12.4. The summed E-state index contributed by atoms with van der Waals surface area (Å²) in [6.07, 6.45) is 3.12. The van der Waals surface area contributed by atoms with Crippen molar-refractivity contribution in [2.75, 3.05) is 19.3 Å². The number of nitrogens with one attached hydrogen (secondary N) is 1. The minimum absolute atomic E-state index is 0.0161. The van der Waals surface area contributed by atoms with Gasteiger partial charge in [-0.05, 0) is 0 Å². The average molecular weight is 235 g/mol. The third-order valence-electron chi connectivity index (χ3n) is 2.62. The second-order valence-electron chi connectivity index (χ2n) is 3.94. The van der Waals surface area contributed by atoms with Gasteiger partial charge in [0.05, 0.1) is 6.04 Å². The van der Waals surface area contributed by atoms with E-state index in [4.69, 9.17) is 5.73 Å². The van der Waals surface area contributed by atoms with E-state index in [1.165, 1.54) is 12.4 Å². The largest absolute Gasteiger partial charge is 0.382 e. The standard InChI is InChI=1S/C10H13N5O2/c1-15-5-6(4-7(15)16)14-10(17)8-9(11)13-3-2-12-8/h2-3,6H,4-5H2,1H3,(H2,11,13)(H,14,17). The quantitative estimate of drug-likeness (QED) is 0.686. The summed E-state index contributed by atoms with van der Waals surface area (Å²) < 4.78 is 0. The van der Waals surface area contributed by atoms with E-state index in [1.807, 2.05) is 0 Å². The van der Waals surface area contributed by atoms with Crippen molar-refractivity contribution in [3.8, 4) is 0 Å². The van der Waals surface area contributed by atoms with Crippen molar-refractivity contribution in [1.82, 2.24) is 20.2 Å². The number of likely N-dealkylation sites (tertiary alicyclic amines) is 1. The minimum atomic E-state index is -0.399. The summed E-state index contributed by atoms with van der Waals surface area (Å²) in [5.74, 6) is -0.297. The molecule has 1 aromatic heterocycles. The van der Waals surface area contributed by atoms with Gasteiger partial charge in [0.2, 0.25) is 5.91 Å². The Morgan fingerprint density at radius 1 is 1.53 bits per heavy atom. The van der Waals surface area contributed by atoms with Crippen LogP contribution < -0.4 is 11.1 Å². The highest BCUT2D eigenvalue weighted by atomic mass is 16.2. The van der Waals surface area contributed by atoms with Gasteiger partial charge in [-0.3, -0.25) is 9.59 Å². The third kappa shape index (κ3) is 2.32. The van der Waals surface area contributed by atoms with Crippen LogP contribution in [0.25, 0.3) is 0 Å². The molecule has 0 saturated carbocycles. The average Bonchev–Trinajstić information content (AvgIpc) is 2.58. The first-order valence-corrected chi connectivity index (χ1v) is 5.19. The minimum Gasteiger partial charge on any atom is -0.382 e. The van der Waals surface area contributed by atoms with Gasteiger partial charge in [-0.1, -0.05) is 0 Å². The van der Waals surface area contributed by atoms with Crippen molar-refractivity contribution in [3.63, 3.8) is 0 Å². The summed E-state index contributed by atoms with van der Waals surface area (Å²) >= 11 is 0. The van der Waals surface area contributed by atoms with Crippen molar-refractivity contribution in [2.45, 2.75) is 12.5 Å². The van der Waals surface area contributed by atoms with Crippen LogP contribution in [0.5, 0.6) is 0 Å². The molecule has 0 bridgehead atoms.